The molecule has 0 amide bonds. The van der Waals surface area contributed by atoms with E-state index in [9.17, 15) is 0 Å². The molecule has 0 aliphatic carbocycles. The Morgan fingerprint density at radius 3 is 1.17 bits per heavy atom. The Morgan fingerprint density at radius 1 is 0.472 bits per heavy atom. The summed E-state index contributed by atoms with van der Waals surface area (Å²) in [7, 11) is 0. The zero-order chi connectivity index (χ0) is 25.1. The molecule has 3 aromatic heterocycles. The van der Waals surface area contributed by atoms with Crippen LogP contribution in [-0.2, 0) is 25.7 Å². The second kappa shape index (κ2) is 10.0. The van der Waals surface area contributed by atoms with Gasteiger partial charge in [0.1, 0.15) is 0 Å². The van der Waals surface area contributed by atoms with E-state index in [1.807, 2.05) is 24.3 Å². The second-order valence-corrected chi connectivity index (χ2v) is 8.89. The van der Waals surface area contributed by atoms with E-state index in [4.69, 9.17) is 9.97 Å². The maximum absolute atomic E-state index is 5.05. The molecule has 36 heavy (non-hydrogen) atoms. The minimum Gasteiger partial charge on any atom is -0.355 e. The van der Waals surface area contributed by atoms with Crippen molar-refractivity contribution in [1.82, 2.24) is 19.9 Å². The van der Waals surface area contributed by atoms with Gasteiger partial charge in [0.05, 0.1) is 22.8 Å². The quantitative estimate of drug-likeness (QED) is 0.230. The third-order valence-corrected chi connectivity index (χ3v) is 6.58. The van der Waals surface area contributed by atoms with Gasteiger partial charge in [-0.25, -0.2) is 9.97 Å². The zero-order valence-electron chi connectivity index (χ0n) is 20.5. The van der Waals surface area contributed by atoms with Gasteiger partial charge in [-0.05, 0) is 74.3 Å². The Kier molecular flexibility index (Phi) is 6.50. The highest BCUT2D eigenvalue weighted by molar-refractivity contribution is 5.83. The van der Waals surface area contributed by atoms with Crippen molar-refractivity contribution in [3.05, 3.63) is 120 Å². The lowest BCUT2D eigenvalue weighted by molar-refractivity contribution is 1.12. The predicted octanol–water partition coefficient (Wildman–Crippen LogP) is 7.57. The molecule has 0 fully saturated rings. The van der Waals surface area contributed by atoms with Crippen molar-refractivity contribution in [2.24, 2.45) is 0 Å². The van der Waals surface area contributed by atoms with Crippen LogP contribution >= 0.6 is 0 Å². The van der Waals surface area contributed by atoms with Gasteiger partial charge in [0.15, 0.2) is 0 Å². The lowest BCUT2D eigenvalue weighted by Gasteiger charge is -2.03. The van der Waals surface area contributed by atoms with E-state index in [1.54, 1.807) is 0 Å². The molecule has 8 bridgehead atoms. The van der Waals surface area contributed by atoms with Crippen LogP contribution in [0.1, 0.15) is 45.0 Å². The topological polar surface area (TPSA) is 57.4 Å². The Morgan fingerprint density at radius 2 is 0.778 bits per heavy atom. The molecular weight excluding hydrogens is 440 g/mol. The molecule has 4 heteroatoms. The largest absolute Gasteiger partial charge is 0.355 e. The summed E-state index contributed by atoms with van der Waals surface area (Å²) in [6.07, 6.45) is 18.8. The smallest absolute Gasteiger partial charge is 0.0694 e. The van der Waals surface area contributed by atoms with Gasteiger partial charge in [0.25, 0.3) is 0 Å². The number of rotatable bonds is 8. The average molecular weight is 471 g/mol. The fourth-order valence-corrected chi connectivity index (χ4v) is 4.88. The van der Waals surface area contributed by atoms with Crippen molar-refractivity contribution in [2.45, 2.75) is 25.7 Å². The van der Waals surface area contributed by atoms with Gasteiger partial charge < -0.3 is 9.97 Å². The number of fused-ring (bicyclic) bond motifs is 8. The van der Waals surface area contributed by atoms with Crippen LogP contribution in [0.4, 0.5) is 0 Å². The first kappa shape index (κ1) is 23.3. The molecule has 3 aromatic rings. The first-order valence-corrected chi connectivity index (χ1v) is 12.2. The summed E-state index contributed by atoms with van der Waals surface area (Å²) >= 11 is 0. The molecule has 2 aliphatic rings. The molecule has 0 unspecified atom stereocenters. The van der Waals surface area contributed by atoms with Crippen molar-refractivity contribution >= 4 is 46.4 Å². The minimum atomic E-state index is 0.680. The number of aromatic nitrogens is 4. The fourth-order valence-electron chi connectivity index (χ4n) is 4.88. The highest BCUT2D eigenvalue weighted by atomic mass is 14.8. The molecule has 0 saturated heterocycles. The molecule has 4 nitrogen and oxygen atoms in total. The number of allylic oxidation sites excluding steroid dienone is 4. The fraction of sp³-hybridized carbons (Fsp3) is 0.125. The van der Waals surface area contributed by atoms with Crippen LogP contribution in [0.5, 0.6) is 0 Å². The van der Waals surface area contributed by atoms with E-state index in [-0.39, 0.29) is 0 Å². The van der Waals surface area contributed by atoms with Crippen LogP contribution < -0.4 is 0 Å². The van der Waals surface area contributed by atoms with E-state index in [0.29, 0.717) is 19.3 Å². The molecule has 0 saturated carbocycles. The van der Waals surface area contributed by atoms with Gasteiger partial charge in [-0.1, -0.05) is 24.3 Å². The van der Waals surface area contributed by atoms with Crippen molar-refractivity contribution in [3.8, 4) is 0 Å². The number of H-pyrrole nitrogens is 2. The zero-order valence-corrected chi connectivity index (χ0v) is 20.5. The van der Waals surface area contributed by atoms with Crippen LogP contribution in [-0.4, -0.2) is 19.9 Å². The maximum Gasteiger partial charge on any atom is 0.0694 e. The molecular formula is C32H30N4. The van der Waals surface area contributed by atoms with Crippen LogP contribution in [0, 0.1) is 0 Å². The molecule has 0 aromatic carbocycles. The number of nitrogens with one attached hydrogen (secondary N) is 2. The maximum atomic E-state index is 5.05. The number of hydrogen-bond donors (Lipinski definition) is 2. The SMILES string of the molecule is C=CCc1c2nc(c(CC=C)c3ccc([nH]3)c(CC=C)c3ccc([nH]3)c(CC=C)c3nc1C=C3)C=C2. The Balaban J connectivity index is 1.98. The van der Waals surface area contributed by atoms with Gasteiger partial charge in [-0.2, -0.15) is 0 Å². The van der Waals surface area contributed by atoms with Crippen LogP contribution in [0.15, 0.2) is 74.9 Å². The number of hydrogen-bond acceptors (Lipinski definition) is 2. The highest BCUT2D eigenvalue weighted by Crippen LogP contribution is 2.28. The third kappa shape index (κ3) is 4.22. The van der Waals surface area contributed by atoms with Gasteiger partial charge >= 0.3 is 0 Å². The van der Waals surface area contributed by atoms with E-state index in [2.05, 4.69) is 84.9 Å². The molecule has 2 N–H and O–H groups in total. The third-order valence-electron chi connectivity index (χ3n) is 6.58. The second-order valence-electron chi connectivity index (χ2n) is 8.89. The van der Waals surface area contributed by atoms with Crippen molar-refractivity contribution in [3.63, 3.8) is 0 Å². The molecule has 5 rings (SSSR count). The van der Waals surface area contributed by atoms with Gasteiger partial charge in [0, 0.05) is 44.3 Å². The molecule has 178 valence electrons. The molecule has 0 atom stereocenters. The molecule has 2 aliphatic heterocycles. The summed E-state index contributed by atoms with van der Waals surface area (Å²) in [5, 5.41) is 0. The molecule has 0 spiro atoms. The summed E-state index contributed by atoms with van der Waals surface area (Å²) in [6.45, 7) is 16.0. The van der Waals surface area contributed by atoms with Gasteiger partial charge in [0.2, 0.25) is 0 Å². The normalized spacial score (nSPS) is 12.0. The highest BCUT2D eigenvalue weighted by Gasteiger charge is 2.15. The predicted molar refractivity (Wildman–Crippen MR) is 154 cm³/mol. The summed E-state index contributed by atoms with van der Waals surface area (Å²) < 4.78 is 0. The number of aromatic amines is 2. The Hall–Kier alpha value is -4.44. The minimum absolute atomic E-state index is 0.680. The number of nitrogens with zero attached hydrogens (tertiary/aromatic N) is 2. The summed E-state index contributed by atoms with van der Waals surface area (Å²) in [6, 6.07) is 8.52. The van der Waals surface area contributed by atoms with E-state index in [1.165, 1.54) is 0 Å². The average Bonchev–Trinajstić information content (AvgIpc) is 3.69. The van der Waals surface area contributed by atoms with Crippen LogP contribution in [0.2, 0.25) is 0 Å². The Bertz CT molecular complexity index is 1500. The first-order valence-electron chi connectivity index (χ1n) is 12.2. The van der Waals surface area contributed by atoms with Crippen molar-refractivity contribution < 1.29 is 0 Å². The van der Waals surface area contributed by atoms with Crippen molar-refractivity contribution in [1.29, 1.82) is 0 Å². The van der Waals surface area contributed by atoms with Crippen LogP contribution in [0.25, 0.3) is 46.4 Å². The molecule has 5 heterocycles. The summed E-state index contributed by atoms with van der Waals surface area (Å²) in [5.74, 6) is 0. The summed E-state index contributed by atoms with van der Waals surface area (Å²) in [4.78, 5) is 17.4. The van der Waals surface area contributed by atoms with E-state index < -0.39 is 0 Å². The first-order chi connectivity index (χ1) is 17.7. The van der Waals surface area contributed by atoms with E-state index in [0.717, 1.165) is 73.5 Å². The van der Waals surface area contributed by atoms with E-state index >= 15 is 0 Å². The van der Waals surface area contributed by atoms with Crippen LogP contribution in [0.3, 0.4) is 0 Å². The van der Waals surface area contributed by atoms with Gasteiger partial charge in [-0.15, -0.1) is 26.3 Å². The lowest BCUT2D eigenvalue weighted by Crippen LogP contribution is -1.94. The van der Waals surface area contributed by atoms with Gasteiger partial charge in [-0.3, -0.25) is 0 Å². The molecule has 0 radical (unpaired) electrons. The summed E-state index contributed by atoms with van der Waals surface area (Å²) in [5.41, 5.74) is 12.3. The lowest BCUT2D eigenvalue weighted by atomic mass is 10.1. The standard InChI is InChI=1S/C32H30N4/c1-5-9-21-25-13-15-27(33-25)22(10-6-2)29-17-19-31(35-29)24(12-8-4)32-20-18-30(36-32)23(11-7-3)28-16-14-26(21)34-28/h5-8,13-20,33-34H,1-4,9-12H2. The Labute approximate surface area is 211 Å². The van der Waals surface area contributed by atoms with Crippen molar-refractivity contribution in [2.75, 3.05) is 0 Å². The monoisotopic (exact) mass is 470 g/mol.